The molecule has 1 unspecified atom stereocenters. The standard InChI is InChI=1S/C30H36N2O/c1-5-11-29(33-7-3)32-28-19-18-25(20-26(28)21-31)30(24-16-14-22(4)15-17-24)27(6-2)23-12-9-8-10-13-23/h8-10,12-21,29,31-32H,5-7,11H2,1-4H3/b30-27+,31-21?. The molecule has 0 heterocycles. The topological polar surface area (TPSA) is 45.1 Å². The van der Waals surface area contributed by atoms with Crippen LogP contribution in [-0.2, 0) is 4.74 Å². The molecule has 0 aliphatic rings. The molecule has 0 saturated heterocycles. The van der Waals surface area contributed by atoms with Gasteiger partial charge in [0.1, 0.15) is 6.23 Å². The van der Waals surface area contributed by atoms with E-state index >= 15 is 0 Å². The fraction of sp³-hybridized carbons (Fsp3) is 0.300. The van der Waals surface area contributed by atoms with Crippen molar-refractivity contribution in [1.29, 1.82) is 5.41 Å². The fourth-order valence-corrected chi connectivity index (χ4v) is 4.20. The Bertz CT molecular complexity index is 1060. The highest BCUT2D eigenvalue weighted by Gasteiger charge is 2.16. The van der Waals surface area contributed by atoms with Crippen LogP contribution in [0.1, 0.15) is 67.9 Å². The molecule has 0 aliphatic carbocycles. The van der Waals surface area contributed by atoms with E-state index in [1.54, 1.807) is 0 Å². The summed E-state index contributed by atoms with van der Waals surface area (Å²) < 4.78 is 5.86. The molecule has 0 spiro atoms. The van der Waals surface area contributed by atoms with Gasteiger partial charge in [0.2, 0.25) is 0 Å². The van der Waals surface area contributed by atoms with Gasteiger partial charge in [0.15, 0.2) is 0 Å². The molecule has 1 atom stereocenters. The minimum Gasteiger partial charge on any atom is -0.360 e. The molecule has 0 aliphatic heterocycles. The lowest BCUT2D eigenvalue weighted by molar-refractivity contribution is 0.0762. The Balaban J connectivity index is 2.14. The van der Waals surface area contributed by atoms with Gasteiger partial charge in [0.05, 0.1) is 0 Å². The van der Waals surface area contributed by atoms with Gasteiger partial charge in [-0.1, -0.05) is 86.5 Å². The van der Waals surface area contributed by atoms with Crippen LogP contribution in [0.25, 0.3) is 11.1 Å². The predicted molar refractivity (Wildman–Crippen MR) is 142 cm³/mol. The first-order valence-electron chi connectivity index (χ1n) is 12.0. The average Bonchev–Trinajstić information content (AvgIpc) is 2.84. The minimum atomic E-state index is -0.0489. The summed E-state index contributed by atoms with van der Waals surface area (Å²) in [7, 11) is 0. The van der Waals surface area contributed by atoms with Crippen molar-refractivity contribution >= 4 is 23.0 Å². The number of ether oxygens (including phenoxy) is 1. The number of benzene rings is 3. The summed E-state index contributed by atoms with van der Waals surface area (Å²) in [5.41, 5.74) is 9.09. The van der Waals surface area contributed by atoms with E-state index in [0.29, 0.717) is 6.61 Å². The van der Waals surface area contributed by atoms with Crippen molar-refractivity contribution in [2.75, 3.05) is 11.9 Å². The first kappa shape index (κ1) is 24.5. The summed E-state index contributed by atoms with van der Waals surface area (Å²) in [5, 5.41) is 11.6. The molecule has 33 heavy (non-hydrogen) atoms. The van der Waals surface area contributed by atoms with Crippen molar-refractivity contribution in [3.05, 3.63) is 101 Å². The Morgan fingerprint density at radius 1 is 0.909 bits per heavy atom. The lowest BCUT2D eigenvalue weighted by Crippen LogP contribution is -2.23. The van der Waals surface area contributed by atoms with Gasteiger partial charge in [-0.3, -0.25) is 0 Å². The zero-order valence-corrected chi connectivity index (χ0v) is 20.3. The molecule has 0 bridgehead atoms. The normalized spacial score (nSPS) is 12.7. The molecule has 3 heteroatoms. The van der Waals surface area contributed by atoms with Gasteiger partial charge in [-0.25, -0.2) is 0 Å². The highest BCUT2D eigenvalue weighted by molar-refractivity contribution is 6.00. The van der Waals surface area contributed by atoms with E-state index < -0.39 is 0 Å². The van der Waals surface area contributed by atoms with E-state index in [0.717, 1.165) is 36.1 Å². The third-order valence-corrected chi connectivity index (χ3v) is 5.85. The monoisotopic (exact) mass is 440 g/mol. The molecule has 0 radical (unpaired) electrons. The fourth-order valence-electron chi connectivity index (χ4n) is 4.20. The van der Waals surface area contributed by atoms with Crippen LogP contribution in [-0.4, -0.2) is 19.0 Å². The Morgan fingerprint density at radius 3 is 2.21 bits per heavy atom. The second-order valence-corrected chi connectivity index (χ2v) is 8.26. The molecule has 3 aromatic rings. The van der Waals surface area contributed by atoms with E-state index in [4.69, 9.17) is 10.1 Å². The Labute approximate surface area is 199 Å². The smallest absolute Gasteiger partial charge is 0.127 e. The van der Waals surface area contributed by atoms with Crippen molar-refractivity contribution in [2.24, 2.45) is 0 Å². The minimum absolute atomic E-state index is 0.0489. The van der Waals surface area contributed by atoms with Crippen LogP contribution >= 0.6 is 0 Å². The first-order chi connectivity index (χ1) is 16.1. The maximum Gasteiger partial charge on any atom is 0.127 e. The Kier molecular flexibility index (Phi) is 9.03. The molecule has 0 amide bonds. The SMILES string of the molecule is CCCC(Nc1ccc(/C(=C(\CC)c2ccccc2)c2ccc(C)cc2)cc1C=N)OCC. The highest BCUT2D eigenvalue weighted by Crippen LogP contribution is 2.35. The number of allylic oxidation sites excluding steroid dienone is 1. The van der Waals surface area contributed by atoms with Crippen LogP contribution in [0.15, 0.2) is 72.8 Å². The van der Waals surface area contributed by atoms with E-state index in [9.17, 15) is 0 Å². The molecule has 0 fully saturated rings. The van der Waals surface area contributed by atoms with Crippen molar-refractivity contribution in [3.63, 3.8) is 0 Å². The average molecular weight is 441 g/mol. The number of hydrogen-bond donors (Lipinski definition) is 2. The van der Waals surface area contributed by atoms with E-state index in [1.165, 1.54) is 34.1 Å². The number of anilines is 1. The van der Waals surface area contributed by atoms with Crippen LogP contribution in [0, 0.1) is 12.3 Å². The predicted octanol–water partition coefficient (Wildman–Crippen LogP) is 7.94. The van der Waals surface area contributed by atoms with Crippen molar-refractivity contribution in [1.82, 2.24) is 0 Å². The molecule has 3 rings (SSSR count). The summed E-state index contributed by atoms with van der Waals surface area (Å²) in [5.74, 6) is 0. The Hall–Kier alpha value is -3.17. The molecular weight excluding hydrogens is 404 g/mol. The number of nitrogens with one attached hydrogen (secondary N) is 2. The summed E-state index contributed by atoms with van der Waals surface area (Å²) >= 11 is 0. The lowest BCUT2D eigenvalue weighted by atomic mass is 9.87. The quantitative estimate of drug-likeness (QED) is 0.181. The van der Waals surface area contributed by atoms with Crippen LogP contribution in [0.4, 0.5) is 5.69 Å². The maximum atomic E-state index is 8.10. The van der Waals surface area contributed by atoms with Gasteiger partial charge in [0.25, 0.3) is 0 Å². The van der Waals surface area contributed by atoms with Crippen molar-refractivity contribution in [2.45, 2.75) is 53.2 Å². The van der Waals surface area contributed by atoms with E-state index in [2.05, 4.69) is 98.9 Å². The van der Waals surface area contributed by atoms with Gasteiger partial charge >= 0.3 is 0 Å². The summed E-state index contributed by atoms with van der Waals surface area (Å²) in [6.07, 6.45) is 4.26. The Morgan fingerprint density at radius 2 is 1.61 bits per heavy atom. The van der Waals surface area contributed by atoms with Crippen LogP contribution in [0.2, 0.25) is 0 Å². The zero-order valence-electron chi connectivity index (χ0n) is 20.3. The number of aryl methyl sites for hydroxylation is 1. The van der Waals surface area contributed by atoms with E-state index in [1.807, 2.05) is 6.92 Å². The number of rotatable bonds is 11. The summed E-state index contributed by atoms with van der Waals surface area (Å²) in [4.78, 5) is 0. The first-order valence-corrected chi connectivity index (χ1v) is 12.0. The third-order valence-electron chi connectivity index (χ3n) is 5.85. The molecule has 172 valence electrons. The van der Waals surface area contributed by atoms with Crippen LogP contribution in [0.3, 0.4) is 0 Å². The third kappa shape index (κ3) is 6.21. The molecule has 2 N–H and O–H groups in total. The van der Waals surface area contributed by atoms with Gasteiger partial charge in [0, 0.05) is 24.1 Å². The summed E-state index contributed by atoms with van der Waals surface area (Å²) in [6.45, 7) is 9.15. The van der Waals surface area contributed by atoms with Gasteiger partial charge in [-0.2, -0.15) is 0 Å². The van der Waals surface area contributed by atoms with Gasteiger partial charge in [-0.05, 0) is 66.7 Å². The molecule has 0 aromatic heterocycles. The summed E-state index contributed by atoms with van der Waals surface area (Å²) in [6, 6.07) is 25.7. The highest BCUT2D eigenvalue weighted by atomic mass is 16.5. The van der Waals surface area contributed by atoms with Crippen molar-refractivity contribution < 1.29 is 4.74 Å². The largest absolute Gasteiger partial charge is 0.360 e. The second kappa shape index (κ2) is 12.2. The molecule has 3 nitrogen and oxygen atoms in total. The van der Waals surface area contributed by atoms with Gasteiger partial charge < -0.3 is 15.5 Å². The molecular formula is C30H36N2O. The lowest BCUT2D eigenvalue weighted by Gasteiger charge is -2.22. The molecule has 0 saturated carbocycles. The van der Waals surface area contributed by atoms with E-state index in [-0.39, 0.29) is 6.23 Å². The van der Waals surface area contributed by atoms with Crippen LogP contribution in [0.5, 0.6) is 0 Å². The second-order valence-electron chi connectivity index (χ2n) is 8.26. The van der Waals surface area contributed by atoms with Crippen molar-refractivity contribution in [3.8, 4) is 0 Å². The molecule has 3 aromatic carbocycles. The maximum absolute atomic E-state index is 8.10. The zero-order chi connectivity index (χ0) is 23.6. The van der Waals surface area contributed by atoms with Crippen LogP contribution < -0.4 is 5.32 Å². The van der Waals surface area contributed by atoms with Gasteiger partial charge in [-0.15, -0.1) is 0 Å². The number of hydrogen-bond acceptors (Lipinski definition) is 3.